The van der Waals surface area contributed by atoms with Crippen LogP contribution in [0.4, 0.5) is 5.69 Å². The second kappa shape index (κ2) is 8.40. The summed E-state index contributed by atoms with van der Waals surface area (Å²) in [4.78, 5) is 28.1. The van der Waals surface area contributed by atoms with E-state index in [1.54, 1.807) is 0 Å². The standard InChI is InChI=1S/C25H30N2O2/c1-2-21-10-6-7-11-22(21)26-23(28)25(14-15-25)24(29)27-16-12-20(13-17-27)18-19-8-4-3-5-9-19/h3-11,20H,2,12-18H2,1H3,(H,26,28). The zero-order valence-electron chi connectivity index (χ0n) is 17.2. The van der Waals surface area contributed by atoms with Crippen molar-refractivity contribution in [3.05, 3.63) is 65.7 Å². The van der Waals surface area contributed by atoms with Crippen LogP contribution in [0.3, 0.4) is 0 Å². The van der Waals surface area contributed by atoms with Gasteiger partial charge in [-0.1, -0.05) is 55.5 Å². The van der Waals surface area contributed by atoms with E-state index in [1.807, 2.05) is 35.2 Å². The highest BCUT2D eigenvalue weighted by Crippen LogP contribution is 2.48. The third kappa shape index (κ3) is 4.21. The van der Waals surface area contributed by atoms with Crippen LogP contribution in [0.2, 0.25) is 0 Å². The average molecular weight is 391 g/mol. The molecule has 2 fully saturated rings. The maximum Gasteiger partial charge on any atom is 0.240 e. The van der Waals surface area contributed by atoms with E-state index in [-0.39, 0.29) is 11.8 Å². The van der Waals surface area contributed by atoms with Crippen molar-refractivity contribution in [2.24, 2.45) is 11.3 Å². The summed E-state index contributed by atoms with van der Waals surface area (Å²) in [5.74, 6) is 0.513. The molecule has 1 N–H and O–H groups in total. The van der Waals surface area contributed by atoms with Gasteiger partial charge in [0, 0.05) is 18.8 Å². The van der Waals surface area contributed by atoms with Gasteiger partial charge >= 0.3 is 0 Å². The maximum absolute atomic E-state index is 13.2. The van der Waals surface area contributed by atoms with E-state index >= 15 is 0 Å². The first-order valence-corrected chi connectivity index (χ1v) is 10.8. The highest BCUT2D eigenvalue weighted by Gasteiger charge is 2.58. The minimum Gasteiger partial charge on any atom is -0.342 e. The lowest BCUT2D eigenvalue weighted by molar-refractivity contribution is -0.143. The van der Waals surface area contributed by atoms with E-state index in [4.69, 9.17) is 0 Å². The molecule has 0 atom stereocenters. The molecule has 0 unspecified atom stereocenters. The van der Waals surface area contributed by atoms with Crippen molar-refractivity contribution in [1.29, 1.82) is 0 Å². The molecule has 4 rings (SSSR count). The molecule has 152 valence electrons. The van der Waals surface area contributed by atoms with Crippen LogP contribution in [-0.4, -0.2) is 29.8 Å². The molecule has 2 aliphatic rings. The fourth-order valence-electron chi connectivity index (χ4n) is 4.45. The van der Waals surface area contributed by atoms with Gasteiger partial charge < -0.3 is 10.2 Å². The van der Waals surface area contributed by atoms with Crippen LogP contribution >= 0.6 is 0 Å². The van der Waals surface area contributed by atoms with E-state index in [2.05, 4.69) is 36.5 Å². The molecule has 4 nitrogen and oxygen atoms in total. The first kappa shape index (κ1) is 19.7. The van der Waals surface area contributed by atoms with Gasteiger partial charge in [-0.05, 0) is 61.6 Å². The Morgan fingerprint density at radius 1 is 1.00 bits per heavy atom. The smallest absolute Gasteiger partial charge is 0.240 e. The lowest BCUT2D eigenvalue weighted by Gasteiger charge is -2.34. The van der Waals surface area contributed by atoms with Crippen LogP contribution in [0.15, 0.2) is 54.6 Å². The van der Waals surface area contributed by atoms with Gasteiger partial charge in [-0.15, -0.1) is 0 Å². The van der Waals surface area contributed by atoms with Gasteiger partial charge in [-0.3, -0.25) is 9.59 Å². The molecular formula is C25H30N2O2. The molecule has 29 heavy (non-hydrogen) atoms. The van der Waals surface area contributed by atoms with Gasteiger partial charge in [-0.25, -0.2) is 0 Å². The van der Waals surface area contributed by atoms with Crippen molar-refractivity contribution < 1.29 is 9.59 Å². The molecule has 1 saturated carbocycles. The highest BCUT2D eigenvalue weighted by molar-refractivity contribution is 6.13. The summed E-state index contributed by atoms with van der Waals surface area (Å²) >= 11 is 0. The van der Waals surface area contributed by atoms with Gasteiger partial charge in [0.2, 0.25) is 11.8 Å². The van der Waals surface area contributed by atoms with E-state index in [1.165, 1.54) is 5.56 Å². The monoisotopic (exact) mass is 390 g/mol. The Bertz CT molecular complexity index is 865. The summed E-state index contributed by atoms with van der Waals surface area (Å²) in [5, 5.41) is 3.04. The van der Waals surface area contributed by atoms with Crippen molar-refractivity contribution in [3.8, 4) is 0 Å². The number of hydrogen-bond acceptors (Lipinski definition) is 2. The minimum absolute atomic E-state index is 0.0298. The van der Waals surface area contributed by atoms with E-state index in [9.17, 15) is 9.59 Å². The molecule has 1 heterocycles. The third-order valence-corrected chi connectivity index (χ3v) is 6.51. The van der Waals surface area contributed by atoms with Gasteiger partial charge in [0.15, 0.2) is 0 Å². The molecule has 0 radical (unpaired) electrons. The molecule has 1 aliphatic carbocycles. The van der Waals surface area contributed by atoms with E-state index < -0.39 is 5.41 Å². The number of anilines is 1. The number of para-hydroxylation sites is 1. The Morgan fingerprint density at radius 2 is 1.66 bits per heavy atom. The van der Waals surface area contributed by atoms with Crippen molar-refractivity contribution in [1.82, 2.24) is 4.90 Å². The summed E-state index contributed by atoms with van der Waals surface area (Å²) in [6.45, 7) is 3.59. The Kier molecular flexibility index (Phi) is 5.70. The zero-order chi connectivity index (χ0) is 20.3. The normalized spacial score (nSPS) is 18.3. The first-order chi connectivity index (χ1) is 14.1. The number of aryl methyl sites for hydroxylation is 1. The predicted octanol–water partition coefficient (Wildman–Crippen LogP) is 4.45. The SMILES string of the molecule is CCc1ccccc1NC(=O)C1(C(=O)N2CCC(Cc3ccccc3)CC2)CC1. The van der Waals surface area contributed by atoms with Crippen LogP contribution in [0.1, 0.15) is 43.7 Å². The number of likely N-dealkylation sites (tertiary alicyclic amines) is 1. The van der Waals surface area contributed by atoms with Crippen LogP contribution < -0.4 is 5.32 Å². The lowest BCUT2D eigenvalue weighted by atomic mass is 9.89. The largest absolute Gasteiger partial charge is 0.342 e. The molecule has 1 saturated heterocycles. The molecule has 0 spiro atoms. The van der Waals surface area contributed by atoms with Crippen molar-refractivity contribution in [2.75, 3.05) is 18.4 Å². The van der Waals surface area contributed by atoms with Crippen LogP contribution in [0.5, 0.6) is 0 Å². The molecular weight excluding hydrogens is 360 g/mol. The molecule has 1 aliphatic heterocycles. The van der Waals surface area contributed by atoms with Crippen LogP contribution in [-0.2, 0) is 22.4 Å². The zero-order valence-corrected chi connectivity index (χ0v) is 17.2. The number of nitrogens with zero attached hydrogens (tertiary/aromatic N) is 1. The number of carbonyl (C=O) groups is 2. The Balaban J connectivity index is 1.35. The molecule has 2 aromatic rings. The number of carbonyl (C=O) groups excluding carboxylic acids is 2. The predicted molar refractivity (Wildman–Crippen MR) is 116 cm³/mol. The maximum atomic E-state index is 13.2. The quantitative estimate of drug-likeness (QED) is 0.741. The molecule has 2 aromatic carbocycles. The van der Waals surface area contributed by atoms with E-state index in [0.29, 0.717) is 18.8 Å². The Labute approximate surface area is 173 Å². The Hall–Kier alpha value is -2.62. The van der Waals surface area contributed by atoms with Gasteiger partial charge in [0.25, 0.3) is 0 Å². The number of rotatable bonds is 6. The summed E-state index contributed by atoms with van der Waals surface area (Å²) in [6.07, 6.45) is 5.27. The van der Waals surface area contributed by atoms with Crippen molar-refractivity contribution in [2.45, 2.75) is 45.4 Å². The van der Waals surface area contributed by atoms with E-state index in [0.717, 1.165) is 50.0 Å². The first-order valence-electron chi connectivity index (χ1n) is 10.8. The summed E-state index contributed by atoms with van der Waals surface area (Å²) in [5.41, 5.74) is 2.46. The highest BCUT2D eigenvalue weighted by atomic mass is 16.2. The number of piperidine rings is 1. The van der Waals surface area contributed by atoms with Crippen molar-refractivity contribution in [3.63, 3.8) is 0 Å². The van der Waals surface area contributed by atoms with Gasteiger partial charge in [0.05, 0.1) is 0 Å². The number of hydrogen-bond donors (Lipinski definition) is 1. The summed E-state index contributed by atoms with van der Waals surface area (Å²) < 4.78 is 0. The summed E-state index contributed by atoms with van der Waals surface area (Å²) in [6, 6.07) is 18.4. The topological polar surface area (TPSA) is 49.4 Å². The molecule has 4 heteroatoms. The third-order valence-electron chi connectivity index (χ3n) is 6.51. The average Bonchev–Trinajstić information content (AvgIpc) is 3.57. The second-order valence-corrected chi connectivity index (χ2v) is 8.47. The van der Waals surface area contributed by atoms with Gasteiger partial charge in [-0.2, -0.15) is 0 Å². The fourth-order valence-corrected chi connectivity index (χ4v) is 4.45. The number of benzene rings is 2. The number of amides is 2. The van der Waals surface area contributed by atoms with Crippen molar-refractivity contribution >= 4 is 17.5 Å². The summed E-state index contributed by atoms with van der Waals surface area (Å²) in [7, 11) is 0. The van der Waals surface area contributed by atoms with Crippen LogP contribution in [0.25, 0.3) is 0 Å². The molecule has 2 amide bonds. The number of nitrogens with one attached hydrogen (secondary N) is 1. The van der Waals surface area contributed by atoms with Gasteiger partial charge in [0.1, 0.15) is 5.41 Å². The minimum atomic E-state index is -0.840. The molecule has 0 aromatic heterocycles. The lowest BCUT2D eigenvalue weighted by Crippen LogP contribution is -2.46. The van der Waals surface area contributed by atoms with Crippen LogP contribution in [0, 0.1) is 11.3 Å². The fraction of sp³-hybridized carbons (Fsp3) is 0.440. The second-order valence-electron chi connectivity index (χ2n) is 8.47. The molecule has 0 bridgehead atoms. The Morgan fingerprint density at radius 3 is 2.31 bits per heavy atom.